The summed E-state index contributed by atoms with van der Waals surface area (Å²) in [5.41, 5.74) is 0.753. The van der Waals surface area contributed by atoms with Gasteiger partial charge >= 0.3 is 5.97 Å². The first-order chi connectivity index (χ1) is 14.0. The van der Waals surface area contributed by atoms with Crippen molar-refractivity contribution < 1.29 is 14.3 Å². The minimum absolute atomic E-state index is 0.429. The summed E-state index contributed by atoms with van der Waals surface area (Å²) in [4.78, 5) is 25.7. The summed E-state index contributed by atoms with van der Waals surface area (Å²) >= 11 is 0. The zero-order valence-corrected chi connectivity index (χ0v) is 16.6. The molecule has 2 aromatic rings. The lowest BCUT2D eigenvalue weighted by Gasteiger charge is -2.32. The lowest BCUT2D eigenvalue weighted by molar-refractivity contribution is -0.156. The molecule has 0 heterocycles. The van der Waals surface area contributed by atoms with Crippen LogP contribution < -0.4 is 5.32 Å². The highest BCUT2D eigenvalue weighted by Crippen LogP contribution is 2.29. The summed E-state index contributed by atoms with van der Waals surface area (Å²) in [6, 6.07) is 21.0. The van der Waals surface area contributed by atoms with Crippen molar-refractivity contribution in [3.63, 3.8) is 0 Å². The van der Waals surface area contributed by atoms with Crippen LogP contribution in [0.2, 0.25) is 0 Å². The number of carbonyl (C=O) groups excluding carboxylic acids is 2. The van der Waals surface area contributed by atoms with Crippen LogP contribution in [-0.4, -0.2) is 23.5 Å². The highest BCUT2D eigenvalue weighted by atomic mass is 16.5. The Balaban J connectivity index is 1.74. The van der Waals surface area contributed by atoms with Crippen molar-refractivity contribution in [3.8, 4) is 6.07 Å². The van der Waals surface area contributed by atoms with Gasteiger partial charge in [-0.15, -0.1) is 0 Å². The Morgan fingerprint density at radius 3 is 1.97 bits per heavy atom. The summed E-state index contributed by atoms with van der Waals surface area (Å²) in [5.74, 6) is -1.53. The van der Waals surface area contributed by atoms with Crippen LogP contribution in [0.25, 0.3) is 0 Å². The molecule has 29 heavy (non-hydrogen) atoms. The summed E-state index contributed by atoms with van der Waals surface area (Å²) in [6.45, 7) is 1.55. The van der Waals surface area contributed by atoms with Gasteiger partial charge in [-0.05, 0) is 30.9 Å². The molecule has 5 heteroatoms. The number of benzene rings is 2. The van der Waals surface area contributed by atoms with Gasteiger partial charge in [-0.2, -0.15) is 5.26 Å². The summed E-state index contributed by atoms with van der Waals surface area (Å²) in [5, 5.41) is 12.4. The molecule has 1 aliphatic rings. The molecular formula is C24H26N2O3. The first-order valence-electron chi connectivity index (χ1n) is 10.1. The number of ether oxygens (including phenoxy) is 1. The van der Waals surface area contributed by atoms with Gasteiger partial charge in [0.2, 0.25) is 0 Å². The molecular weight excluding hydrogens is 364 g/mol. The van der Waals surface area contributed by atoms with E-state index >= 15 is 0 Å². The number of nitrogens with one attached hydrogen (secondary N) is 1. The van der Waals surface area contributed by atoms with Crippen LogP contribution in [0.15, 0.2) is 60.7 Å². The molecule has 1 atom stereocenters. The third kappa shape index (κ3) is 5.03. The zero-order valence-electron chi connectivity index (χ0n) is 16.6. The number of esters is 1. The Morgan fingerprint density at radius 2 is 1.48 bits per heavy atom. The third-order valence-corrected chi connectivity index (χ3v) is 5.45. The van der Waals surface area contributed by atoms with E-state index in [0.717, 1.165) is 30.4 Å². The minimum Gasteiger partial charge on any atom is -0.452 e. The second kappa shape index (κ2) is 9.38. The summed E-state index contributed by atoms with van der Waals surface area (Å²) < 4.78 is 5.55. The Hall–Kier alpha value is -3.13. The number of amides is 1. The van der Waals surface area contributed by atoms with Gasteiger partial charge in [-0.1, -0.05) is 79.9 Å². The molecule has 1 N–H and O–H groups in total. The molecule has 1 fully saturated rings. The van der Waals surface area contributed by atoms with E-state index in [4.69, 9.17) is 4.74 Å². The summed E-state index contributed by atoms with van der Waals surface area (Å²) in [7, 11) is 0. The Bertz CT molecular complexity index is 829. The SMILES string of the molecule is C[C@@H](OC(=O)C(c1ccccc1)c1ccccc1)C(=O)NC1(C#N)CCCCC1. The molecule has 2 aromatic carbocycles. The molecule has 3 rings (SSSR count). The van der Waals surface area contributed by atoms with E-state index in [1.54, 1.807) is 6.92 Å². The lowest BCUT2D eigenvalue weighted by atomic mass is 9.82. The zero-order chi connectivity index (χ0) is 20.7. The van der Waals surface area contributed by atoms with Crippen molar-refractivity contribution >= 4 is 11.9 Å². The van der Waals surface area contributed by atoms with Crippen molar-refractivity contribution in [1.82, 2.24) is 5.32 Å². The van der Waals surface area contributed by atoms with Crippen LogP contribution in [0, 0.1) is 11.3 Å². The van der Waals surface area contributed by atoms with Crippen molar-refractivity contribution in [3.05, 3.63) is 71.8 Å². The lowest BCUT2D eigenvalue weighted by Crippen LogP contribution is -2.52. The molecule has 0 unspecified atom stereocenters. The third-order valence-electron chi connectivity index (χ3n) is 5.45. The highest BCUT2D eigenvalue weighted by molar-refractivity contribution is 5.87. The van der Waals surface area contributed by atoms with E-state index < -0.39 is 29.4 Å². The number of nitrogens with zero attached hydrogens (tertiary/aromatic N) is 1. The Morgan fingerprint density at radius 1 is 0.966 bits per heavy atom. The van der Waals surface area contributed by atoms with E-state index in [1.165, 1.54) is 0 Å². The molecule has 0 saturated heterocycles. The van der Waals surface area contributed by atoms with E-state index in [2.05, 4.69) is 11.4 Å². The Labute approximate surface area is 171 Å². The van der Waals surface area contributed by atoms with Crippen molar-refractivity contribution in [2.75, 3.05) is 0 Å². The fourth-order valence-corrected chi connectivity index (χ4v) is 3.81. The topological polar surface area (TPSA) is 79.2 Å². The number of hydrogen-bond donors (Lipinski definition) is 1. The number of carbonyl (C=O) groups is 2. The van der Waals surface area contributed by atoms with Crippen LogP contribution in [0.1, 0.15) is 56.1 Å². The maximum absolute atomic E-state index is 13.0. The van der Waals surface area contributed by atoms with Crippen LogP contribution >= 0.6 is 0 Å². The molecule has 0 radical (unpaired) electrons. The van der Waals surface area contributed by atoms with Gasteiger partial charge in [0.25, 0.3) is 5.91 Å². The molecule has 5 nitrogen and oxygen atoms in total. The summed E-state index contributed by atoms with van der Waals surface area (Å²) in [6.07, 6.45) is 3.17. The average Bonchev–Trinajstić information content (AvgIpc) is 2.76. The number of hydrogen-bond acceptors (Lipinski definition) is 4. The van der Waals surface area contributed by atoms with E-state index in [-0.39, 0.29) is 0 Å². The van der Waals surface area contributed by atoms with Crippen LogP contribution in [0.3, 0.4) is 0 Å². The fourth-order valence-electron chi connectivity index (χ4n) is 3.81. The molecule has 1 aliphatic carbocycles. The standard InChI is InChI=1S/C24H26N2O3/c1-18(22(27)26-24(17-25)15-9-4-10-16-24)29-23(28)21(19-11-5-2-6-12-19)20-13-7-3-8-14-20/h2-3,5-8,11-14,18,21H,4,9-10,15-16H2,1H3,(H,26,27)/t18-/m1/s1. The average molecular weight is 390 g/mol. The van der Waals surface area contributed by atoms with Gasteiger partial charge in [0.05, 0.1) is 6.07 Å². The predicted molar refractivity (Wildman–Crippen MR) is 110 cm³/mol. The molecule has 0 aliphatic heterocycles. The smallest absolute Gasteiger partial charge is 0.318 e. The van der Waals surface area contributed by atoms with E-state index in [9.17, 15) is 14.9 Å². The second-order valence-corrected chi connectivity index (χ2v) is 7.58. The Kier molecular flexibility index (Phi) is 6.66. The van der Waals surface area contributed by atoms with Gasteiger partial charge in [0.1, 0.15) is 11.5 Å². The number of rotatable bonds is 6. The van der Waals surface area contributed by atoms with Crippen molar-refractivity contribution in [2.24, 2.45) is 0 Å². The van der Waals surface area contributed by atoms with E-state index in [0.29, 0.717) is 12.8 Å². The molecule has 0 bridgehead atoms. The maximum atomic E-state index is 13.0. The first-order valence-corrected chi connectivity index (χ1v) is 10.1. The van der Waals surface area contributed by atoms with Gasteiger partial charge in [0, 0.05) is 0 Å². The van der Waals surface area contributed by atoms with Gasteiger partial charge in [-0.25, -0.2) is 0 Å². The first kappa shape index (κ1) is 20.6. The second-order valence-electron chi connectivity index (χ2n) is 7.58. The molecule has 0 aromatic heterocycles. The van der Waals surface area contributed by atoms with Gasteiger partial charge in [-0.3, -0.25) is 9.59 Å². The van der Waals surface area contributed by atoms with Crippen LogP contribution in [0.5, 0.6) is 0 Å². The predicted octanol–water partition coefficient (Wildman–Crippen LogP) is 4.09. The molecule has 1 amide bonds. The quantitative estimate of drug-likeness (QED) is 0.754. The minimum atomic E-state index is -0.982. The van der Waals surface area contributed by atoms with E-state index in [1.807, 2.05) is 60.7 Å². The van der Waals surface area contributed by atoms with Crippen molar-refractivity contribution in [1.29, 1.82) is 5.26 Å². The fraction of sp³-hybridized carbons (Fsp3) is 0.375. The number of nitriles is 1. The molecule has 1 saturated carbocycles. The normalized spacial score (nSPS) is 16.4. The van der Waals surface area contributed by atoms with Gasteiger partial charge < -0.3 is 10.1 Å². The van der Waals surface area contributed by atoms with Crippen LogP contribution in [0.4, 0.5) is 0 Å². The van der Waals surface area contributed by atoms with Crippen molar-refractivity contribution in [2.45, 2.75) is 56.6 Å². The monoisotopic (exact) mass is 390 g/mol. The molecule has 0 spiro atoms. The van der Waals surface area contributed by atoms with Gasteiger partial charge in [0.15, 0.2) is 6.10 Å². The molecule has 150 valence electrons. The maximum Gasteiger partial charge on any atom is 0.318 e. The van der Waals surface area contributed by atoms with Crippen LogP contribution in [-0.2, 0) is 14.3 Å². The largest absolute Gasteiger partial charge is 0.452 e. The highest BCUT2D eigenvalue weighted by Gasteiger charge is 2.36.